The molecule has 3 N–H and O–H groups in total. The maximum Gasteiger partial charge on any atom is 0.347 e. The fraction of sp³-hybridized carbons (Fsp3) is 0. The summed E-state index contributed by atoms with van der Waals surface area (Å²) in [4.78, 5) is 11.2. The number of fused-ring (bicyclic) bond motifs is 1. The minimum absolute atomic E-state index is 0.381. The Morgan fingerprint density at radius 2 is 2.21 bits per heavy atom. The number of carboxylic acids is 1. The molecule has 5 heteroatoms. The van der Waals surface area contributed by atoms with Crippen molar-refractivity contribution in [3.63, 3.8) is 0 Å². The standard InChI is InChI=1S/C9H6INO2S/c10-7-5-2-1-4(11)3-6(5)14-8(7)9(12)13/h1-3H,11H2,(H,12,13). The molecular formula is C9H6INO2S. The molecule has 14 heavy (non-hydrogen) atoms. The van der Waals surface area contributed by atoms with Gasteiger partial charge in [0.1, 0.15) is 4.88 Å². The van der Waals surface area contributed by atoms with Gasteiger partial charge < -0.3 is 10.8 Å². The molecule has 0 aliphatic rings. The lowest BCUT2D eigenvalue weighted by molar-refractivity contribution is 0.0701. The van der Waals surface area contributed by atoms with Gasteiger partial charge in [0.15, 0.2) is 0 Å². The van der Waals surface area contributed by atoms with Crippen LogP contribution >= 0.6 is 33.9 Å². The van der Waals surface area contributed by atoms with E-state index in [1.165, 1.54) is 11.3 Å². The maximum atomic E-state index is 10.9. The van der Waals surface area contributed by atoms with Crippen LogP contribution < -0.4 is 5.73 Å². The molecule has 1 aromatic heterocycles. The number of carboxylic acid groups (broad SMARTS) is 1. The normalized spacial score (nSPS) is 10.6. The van der Waals surface area contributed by atoms with Crippen LogP contribution in [0.1, 0.15) is 9.67 Å². The second kappa shape index (κ2) is 3.39. The highest BCUT2D eigenvalue weighted by Gasteiger charge is 2.15. The lowest BCUT2D eigenvalue weighted by Gasteiger charge is -1.92. The minimum atomic E-state index is -0.880. The van der Waals surface area contributed by atoms with Crippen molar-refractivity contribution in [2.24, 2.45) is 0 Å². The predicted octanol–water partition coefficient (Wildman–Crippen LogP) is 2.79. The molecule has 0 amide bonds. The van der Waals surface area contributed by atoms with Gasteiger partial charge in [0.2, 0.25) is 0 Å². The highest BCUT2D eigenvalue weighted by molar-refractivity contribution is 14.1. The third-order valence-corrected chi connectivity index (χ3v) is 4.47. The molecule has 0 unspecified atom stereocenters. The smallest absolute Gasteiger partial charge is 0.347 e. The maximum absolute atomic E-state index is 10.9. The molecule has 72 valence electrons. The van der Waals surface area contributed by atoms with E-state index in [1.807, 2.05) is 28.7 Å². The van der Waals surface area contributed by atoms with Gasteiger partial charge in [-0.25, -0.2) is 4.79 Å². The number of aromatic carboxylic acids is 1. The van der Waals surface area contributed by atoms with E-state index in [2.05, 4.69) is 0 Å². The van der Waals surface area contributed by atoms with E-state index in [9.17, 15) is 4.79 Å². The highest BCUT2D eigenvalue weighted by Crippen LogP contribution is 2.33. The van der Waals surface area contributed by atoms with Crippen molar-refractivity contribution in [3.8, 4) is 0 Å². The van der Waals surface area contributed by atoms with Crippen LogP contribution in [0.25, 0.3) is 10.1 Å². The van der Waals surface area contributed by atoms with Crippen molar-refractivity contribution in [1.82, 2.24) is 0 Å². The summed E-state index contributed by atoms with van der Waals surface area (Å²) in [5, 5.41) is 9.87. The number of carbonyl (C=O) groups is 1. The number of nitrogen functional groups attached to an aromatic ring is 1. The Kier molecular flexibility index (Phi) is 2.36. The predicted molar refractivity (Wildman–Crippen MR) is 65.9 cm³/mol. The Labute approximate surface area is 97.7 Å². The SMILES string of the molecule is Nc1ccc2c(I)c(C(=O)O)sc2c1. The molecule has 0 saturated heterocycles. The monoisotopic (exact) mass is 319 g/mol. The van der Waals surface area contributed by atoms with Gasteiger partial charge in [-0.2, -0.15) is 0 Å². The molecule has 2 aromatic rings. The van der Waals surface area contributed by atoms with Gasteiger partial charge in [-0.3, -0.25) is 0 Å². The molecule has 1 heterocycles. The van der Waals surface area contributed by atoms with Gasteiger partial charge in [-0.05, 0) is 34.7 Å². The van der Waals surface area contributed by atoms with Crippen LogP contribution in [0, 0.1) is 3.57 Å². The molecule has 0 atom stereocenters. The second-order valence-corrected chi connectivity index (χ2v) is 4.94. The molecule has 0 spiro atoms. The first-order valence-electron chi connectivity index (χ1n) is 3.80. The summed E-state index contributed by atoms with van der Waals surface area (Å²) in [7, 11) is 0. The molecule has 2 rings (SSSR count). The fourth-order valence-corrected chi connectivity index (χ4v) is 3.42. The number of anilines is 1. The topological polar surface area (TPSA) is 63.3 Å². The first-order valence-corrected chi connectivity index (χ1v) is 5.70. The lowest BCUT2D eigenvalue weighted by Crippen LogP contribution is -1.93. The van der Waals surface area contributed by atoms with Crippen molar-refractivity contribution < 1.29 is 9.90 Å². The van der Waals surface area contributed by atoms with Crippen molar-refractivity contribution in [2.75, 3.05) is 5.73 Å². The number of hydrogen-bond donors (Lipinski definition) is 2. The van der Waals surface area contributed by atoms with E-state index in [-0.39, 0.29) is 0 Å². The van der Waals surface area contributed by atoms with Gasteiger partial charge in [0, 0.05) is 19.3 Å². The van der Waals surface area contributed by atoms with Gasteiger partial charge in [0.05, 0.1) is 0 Å². The molecule has 0 saturated carbocycles. The van der Waals surface area contributed by atoms with E-state index in [0.29, 0.717) is 10.6 Å². The van der Waals surface area contributed by atoms with Crippen LogP contribution in [0.4, 0.5) is 5.69 Å². The number of hydrogen-bond acceptors (Lipinski definition) is 3. The van der Waals surface area contributed by atoms with Gasteiger partial charge in [0.25, 0.3) is 0 Å². The zero-order valence-electron chi connectivity index (χ0n) is 6.95. The second-order valence-electron chi connectivity index (χ2n) is 2.81. The molecule has 1 aromatic carbocycles. The third-order valence-electron chi connectivity index (χ3n) is 1.85. The molecule has 0 bridgehead atoms. The Balaban J connectivity index is 2.79. The summed E-state index contributed by atoms with van der Waals surface area (Å²) in [6.45, 7) is 0. The van der Waals surface area contributed by atoms with Crippen molar-refractivity contribution in [3.05, 3.63) is 26.6 Å². The van der Waals surface area contributed by atoms with Crippen LogP contribution in [-0.2, 0) is 0 Å². The van der Waals surface area contributed by atoms with E-state index in [0.717, 1.165) is 13.7 Å². The zero-order chi connectivity index (χ0) is 10.3. The lowest BCUT2D eigenvalue weighted by atomic mass is 10.2. The number of benzene rings is 1. The number of nitrogens with two attached hydrogens (primary N) is 1. The number of rotatable bonds is 1. The van der Waals surface area contributed by atoms with Crippen molar-refractivity contribution >= 4 is 55.7 Å². The third kappa shape index (κ3) is 1.46. The summed E-state index contributed by atoms with van der Waals surface area (Å²) in [5.41, 5.74) is 6.28. The summed E-state index contributed by atoms with van der Waals surface area (Å²) < 4.78 is 1.71. The zero-order valence-corrected chi connectivity index (χ0v) is 9.93. The van der Waals surface area contributed by atoms with Crippen LogP contribution in [0.3, 0.4) is 0 Å². The summed E-state index contributed by atoms with van der Waals surface area (Å²) >= 11 is 3.31. The van der Waals surface area contributed by atoms with Gasteiger partial charge in [-0.15, -0.1) is 11.3 Å². The number of halogens is 1. The van der Waals surface area contributed by atoms with Crippen LogP contribution in [0.15, 0.2) is 18.2 Å². The van der Waals surface area contributed by atoms with Crippen LogP contribution in [0.5, 0.6) is 0 Å². The molecule has 0 fully saturated rings. The van der Waals surface area contributed by atoms with Gasteiger partial charge in [-0.1, -0.05) is 6.07 Å². The van der Waals surface area contributed by atoms with E-state index in [4.69, 9.17) is 10.8 Å². The van der Waals surface area contributed by atoms with E-state index in [1.54, 1.807) is 12.1 Å². The van der Waals surface area contributed by atoms with Crippen molar-refractivity contribution in [2.45, 2.75) is 0 Å². The van der Waals surface area contributed by atoms with Crippen molar-refractivity contribution in [1.29, 1.82) is 0 Å². The first-order chi connectivity index (χ1) is 6.59. The quantitative estimate of drug-likeness (QED) is 0.627. The fourth-order valence-electron chi connectivity index (χ4n) is 1.22. The molecular weight excluding hydrogens is 313 g/mol. The number of thiophene rings is 1. The Bertz CT molecular complexity index is 521. The Morgan fingerprint density at radius 3 is 2.86 bits per heavy atom. The first kappa shape index (κ1) is 9.72. The highest BCUT2D eigenvalue weighted by atomic mass is 127. The average Bonchev–Trinajstić information content (AvgIpc) is 2.43. The molecule has 0 radical (unpaired) electrons. The van der Waals surface area contributed by atoms with Crippen LogP contribution in [0.2, 0.25) is 0 Å². The largest absolute Gasteiger partial charge is 0.477 e. The molecule has 0 aliphatic carbocycles. The minimum Gasteiger partial charge on any atom is -0.477 e. The Hall–Kier alpha value is -0.820. The molecule has 0 aliphatic heterocycles. The Morgan fingerprint density at radius 1 is 1.50 bits per heavy atom. The van der Waals surface area contributed by atoms with E-state index < -0.39 is 5.97 Å². The average molecular weight is 319 g/mol. The van der Waals surface area contributed by atoms with Gasteiger partial charge >= 0.3 is 5.97 Å². The molecule has 3 nitrogen and oxygen atoms in total. The summed E-state index contributed by atoms with van der Waals surface area (Å²) in [6, 6.07) is 5.44. The van der Waals surface area contributed by atoms with E-state index >= 15 is 0 Å². The summed E-state index contributed by atoms with van der Waals surface area (Å²) in [5.74, 6) is -0.880. The van der Waals surface area contributed by atoms with Crippen LogP contribution in [-0.4, -0.2) is 11.1 Å². The summed E-state index contributed by atoms with van der Waals surface area (Å²) in [6.07, 6.45) is 0.